The number of nitrogens with one attached hydrogen (secondary N) is 1. The van der Waals surface area contributed by atoms with Crippen LogP contribution in [0.25, 0.3) is 0 Å². The summed E-state index contributed by atoms with van der Waals surface area (Å²) in [5, 5.41) is 12.1. The molecule has 134 valence electrons. The third-order valence-corrected chi connectivity index (χ3v) is 3.81. The Morgan fingerprint density at radius 3 is 2.28 bits per heavy atom. The van der Waals surface area contributed by atoms with Crippen molar-refractivity contribution >= 4 is 11.7 Å². The minimum atomic E-state index is -0.412. The fourth-order valence-corrected chi connectivity index (χ4v) is 2.25. The van der Waals surface area contributed by atoms with Crippen molar-refractivity contribution in [2.75, 3.05) is 18.9 Å². The molecule has 2 aromatic carbocycles. The average molecular weight is 342 g/mol. The van der Waals surface area contributed by atoms with Crippen LogP contribution in [0.3, 0.4) is 0 Å². The predicted octanol–water partition coefficient (Wildman–Crippen LogP) is 3.64. The molecule has 0 aliphatic carbocycles. The number of aliphatic hydroxyl groups excluding tert-OH is 1. The first kappa shape index (κ1) is 19.0. The molecule has 2 aromatic rings. The number of ether oxygens (including phenoxy) is 1. The molecular formula is C20H26N2O3. The average Bonchev–Trinajstić information content (AvgIpc) is 2.62. The number of hydrogen-bond acceptors (Lipinski definition) is 3. The molecular weight excluding hydrogens is 316 g/mol. The van der Waals surface area contributed by atoms with E-state index in [-0.39, 0.29) is 6.03 Å². The van der Waals surface area contributed by atoms with Crippen LogP contribution in [0, 0.1) is 0 Å². The number of hydrogen-bond donors (Lipinski definition) is 2. The van der Waals surface area contributed by atoms with E-state index in [9.17, 15) is 9.90 Å². The minimum Gasteiger partial charge on any atom is -0.393 e. The standard InChI is InChI=1S/C20H26N2O3/c1-16(23)12-13-22(2)20(24)21-19-10-8-18(9-11-19)15-25-14-17-6-4-3-5-7-17/h3-11,16,23H,12-15H2,1-2H3,(H,21,24). The summed E-state index contributed by atoms with van der Waals surface area (Å²) in [4.78, 5) is 13.6. The van der Waals surface area contributed by atoms with Crippen molar-refractivity contribution in [3.05, 3.63) is 65.7 Å². The van der Waals surface area contributed by atoms with Crippen molar-refractivity contribution in [3.63, 3.8) is 0 Å². The summed E-state index contributed by atoms with van der Waals surface area (Å²) >= 11 is 0. The molecule has 1 unspecified atom stereocenters. The molecule has 0 aromatic heterocycles. The molecule has 0 bridgehead atoms. The van der Waals surface area contributed by atoms with E-state index in [1.165, 1.54) is 0 Å². The highest BCUT2D eigenvalue weighted by molar-refractivity contribution is 5.89. The SMILES string of the molecule is CC(O)CCN(C)C(=O)Nc1ccc(COCc2ccccc2)cc1. The highest BCUT2D eigenvalue weighted by Crippen LogP contribution is 2.12. The van der Waals surface area contributed by atoms with Crippen LogP contribution in [0.2, 0.25) is 0 Å². The maximum absolute atomic E-state index is 12.0. The molecule has 0 aliphatic heterocycles. The molecule has 5 nitrogen and oxygen atoms in total. The summed E-state index contributed by atoms with van der Waals surface area (Å²) in [6, 6.07) is 17.5. The molecule has 0 fully saturated rings. The van der Waals surface area contributed by atoms with E-state index in [4.69, 9.17) is 4.74 Å². The van der Waals surface area contributed by atoms with Gasteiger partial charge in [0.1, 0.15) is 0 Å². The van der Waals surface area contributed by atoms with Crippen molar-refractivity contribution in [3.8, 4) is 0 Å². The Balaban J connectivity index is 1.76. The van der Waals surface area contributed by atoms with Gasteiger partial charge < -0.3 is 20.1 Å². The Morgan fingerprint density at radius 2 is 1.68 bits per heavy atom. The Labute approximate surface area is 149 Å². The van der Waals surface area contributed by atoms with Gasteiger partial charge in [-0.15, -0.1) is 0 Å². The predicted molar refractivity (Wildman–Crippen MR) is 99.3 cm³/mol. The Morgan fingerprint density at radius 1 is 1.08 bits per heavy atom. The van der Waals surface area contributed by atoms with Gasteiger partial charge in [0.25, 0.3) is 0 Å². The van der Waals surface area contributed by atoms with Gasteiger partial charge in [0.05, 0.1) is 19.3 Å². The maximum Gasteiger partial charge on any atom is 0.321 e. The number of nitrogens with zero attached hydrogens (tertiary/aromatic N) is 1. The van der Waals surface area contributed by atoms with E-state index >= 15 is 0 Å². The van der Waals surface area contributed by atoms with Crippen LogP contribution >= 0.6 is 0 Å². The molecule has 1 atom stereocenters. The van der Waals surface area contributed by atoms with Crippen LogP contribution in [-0.2, 0) is 18.0 Å². The summed E-state index contributed by atoms with van der Waals surface area (Å²) in [5.74, 6) is 0. The van der Waals surface area contributed by atoms with Crippen LogP contribution in [0.1, 0.15) is 24.5 Å². The molecule has 0 saturated heterocycles. The maximum atomic E-state index is 12.0. The quantitative estimate of drug-likeness (QED) is 0.770. The lowest BCUT2D eigenvalue weighted by atomic mass is 10.2. The zero-order chi connectivity index (χ0) is 18.1. The molecule has 0 radical (unpaired) electrons. The highest BCUT2D eigenvalue weighted by atomic mass is 16.5. The van der Waals surface area contributed by atoms with Gasteiger partial charge in [-0.2, -0.15) is 0 Å². The van der Waals surface area contributed by atoms with Crippen molar-refractivity contribution in [1.82, 2.24) is 4.90 Å². The molecule has 0 saturated carbocycles. The Kier molecular flexibility index (Phi) is 7.44. The third-order valence-electron chi connectivity index (χ3n) is 3.81. The van der Waals surface area contributed by atoms with Gasteiger partial charge in [-0.05, 0) is 36.6 Å². The highest BCUT2D eigenvalue weighted by Gasteiger charge is 2.09. The monoisotopic (exact) mass is 342 g/mol. The molecule has 2 N–H and O–H groups in total. The van der Waals surface area contributed by atoms with Gasteiger partial charge in [0, 0.05) is 19.3 Å². The van der Waals surface area contributed by atoms with Gasteiger partial charge in [0.15, 0.2) is 0 Å². The van der Waals surface area contributed by atoms with Crippen molar-refractivity contribution in [2.45, 2.75) is 32.7 Å². The van der Waals surface area contributed by atoms with Crippen LogP contribution in [0.5, 0.6) is 0 Å². The summed E-state index contributed by atoms with van der Waals surface area (Å²) in [5.41, 5.74) is 2.93. The van der Waals surface area contributed by atoms with E-state index in [2.05, 4.69) is 5.32 Å². The second kappa shape index (κ2) is 9.81. The molecule has 25 heavy (non-hydrogen) atoms. The van der Waals surface area contributed by atoms with Crippen molar-refractivity contribution in [1.29, 1.82) is 0 Å². The first-order valence-electron chi connectivity index (χ1n) is 8.45. The molecule has 0 heterocycles. The fraction of sp³-hybridized carbons (Fsp3) is 0.350. The molecule has 5 heteroatoms. The number of urea groups is 1. The van der Waals surface area contributed by atoms with Gasteiger partial charge in [-0.25, -0.2) is 4.79 Å². The van der Waals surface area contributed by atoms with Gasteiger partial charge >= 0.3 is 6.03 Å². The van der Waals surface area contributed by atoms with Gasteiger partial charge in [0.2, 0.25) is 0 Å². The smallest absolute Gasteiger partial charge is 0.321 e. The zero-order valence-electron chi connectivity index (χ0n) is 14.8. The van der Waals surface area contributed by atoms with E-state index in [0.29, 0.717) is 26.2 Å². The number of amides is 2. The first-order chi connectivity index (χ1) is 12.0. The fourth-order valence-electron chi connectivity index (χ4n) is 2.25. The lowest BCUT2D eigenvalue weighted by Gasteiger charge is -2.18. The minimum absolute atomic E-state index is 0.186. The number of anilines is 1. The number of carbonyl (C=O) groups excluding carboxylic acids is 1. The van der Waals surface area contributed by atoms with Crippen LogP contribution in [0.4, 0.5) is 10.5 Å². The van der Waals surface area contributed by atoms with Gasteiger partial charge in [-0.1, -0.05) is 42.5 Å². The van der Waals surface area contributed by atoms with Crippen molar-refractivity contribution in [2.24, 2.45) is 0 Å². The van der Waals surface area contributed by atoms with Crippen LogP contribution in [0.15, 0.2) is 54.6 Å². The Hall–Kier alpha value is -2.37. The molecule has 2 rings (SSSR count). The van der Waals surface area contributed by atoms with E-state index in [0.717, 1.165) is 16.8 Å². The number of rotatable bonds is 8. The zero-order valence-corrected chi connectivity index (χ0v) is 14.8. The van der Waals surface area contributed by atoms with Crippen LogP contribution in [-0.4, -0.2) is 35.7 Å². The van der Waals surface area contributed by atoms with E-state index in [1.54, 1.807) is 18.9 Å². The molecule has 0 aliphatic rings. The van der Waals surface area contributed by atoms with Crippen LogP contribution < -0.4 is 5.32 Å². The van der Waals surface area contributed by atoms with E-state index < -0.39 is 6.10 Å². The van der Waals surface area contributed by atoms with Crippen molar-refractivity contribution < 1.29 is 14.6 Å². The summed E-state index contributed by atoms with van der Waals surface area (Å²) in [6.45, 7) is 3.32. The first-order valence-corrected chi connectivity index (χ1v) is 8.45. The Bertz CT molecular complexity index is 642. The summed E-state index contributed by atoms with van der Waals surface area (Å²) in [7, 11) is 1.71. The topological polar surface area (TPSA) is 61.8 Å². The number of aliphatic hydroxyl groups is 1. The summed E-state index contributed by atoms with van der Waals surface area (Å²) in [6.07, 6.45) is 0.146. The lowest BCUT2D eigenvalue weighted by Crippen LogP contribution is -2.33. The lowest BCUT2D eigenvalue weighted by molar-refractivity contribution is 0.107. The molecule has 0 spiro atoms. The second-order valence-electron chi connectivity index (χ2n) is 6.16. The number of benzene rings is 2. The second-order valence-corrected chi connectivity index (χ2v) is 6.16. The molecule has 2 amide bonds. The third kappa shape index (κ3) is 6.95. The van der Waals surface area contributed by atoms with Gasteiger partial charge in [-0.3, -0.25) is 0 Å². The van der Waals surface area contributed by atoms with E-state index in [1.807, 2.05) is 54.6 Å². The number of carbonyl (C=O) groups is 1. The normalized spacial score (nSPS) is 11.8. The summed E-state index contributed by atoms with van der Waals surface area (Å²) < 4.78 is 5.70. The largest absolute Gasteiger partial charge is 0.393 e.